The predicted octanol–water partition coefficient (Wildman–Crippen LogP) is 19.8. The molecule has 2 aliphatic heterocycles. The van der Waals surface area contributed by atoms with Crippen molar-refractivity contribution >= 4 is 79.0 Å². The molecule has 0 atom stereocenters. The van der Waals surface area contributed by atoms with Gasteiger partial charge in [0.1, 0.15) is 0 Å². The predicted molar refractivity (Wildman–Crippen MR) is 389 cm³/mol. The van der Waals surface area contributed by atoms with E-state index >= 15 is 0 Å². The summed E-state index contributed by atoms with van der Waals surface area (Å²) in [5.74, 6) is 1.25. The Balaban J connectivity index is 0.809. The van der Waals surface area contributed by atoms with E-state index in [1.807, 2.05) is 24.3 Å². The fraction of sp³-hybridized carbons (Fsp3) is 0. The highest BCUT2D eigenvalue weighted by Gasteiger charge is 2.43. The molecule has 0 fully saturated rings. The number of para-hydroxylation sites is 4. The molecule has 0 saturated heterocycles. The topological polar surface area (TPSA) is 63.0 Å². The minimum Gasteiger partial charge on any atom is -0.311 e. The van der Waals surface area contributed by atoms with Gasteiger partial charge >= 0.3 is 0 Å². The molecule has 0 saturated carbocycles. The Kier molecular flexibility index (Phi) is 13.2. The molecule has 0 aliphatic carbocycles. The van der Waals surface area contributed by atoms with E-state index in [1.54, 1.807) is 0 Å². The standard InChI is InChI=1S/C86H56BN7/c1-6-25-57(26-7-1)63-47-49-78-69(53-63)68-39-16-19-42-77(68)94(78)79-50-48-64(75-55-73(58-27-8-2-9-28-58)88-85(90-75)60-31-12-4-13-32-60)54-70(79)76-56-74(59-29-10-3-11-30-59)89-86(91-76)65-35-22-33-61(51-65)62-34-23-38-67(52-62)93-81-44-21-18-41-72(81)87-71-40-17-20-43-80(71)92(66-36-14-5-15-37-66)82-45-24-46-83(93)84(82)87/h1-56H. The molecule has 2 aliphatic rings. The van der Waals surface area contributed by atoms with E-state index in [1.165, 1.54) is 39.0 Å². The minimum atomic E-state index is 0.0483. The van der Waals surface area contributed by atoms with Gasteiger partial charge in [-0.1, -0.05) is 243 Å². The molecule has 0 unspecified atom stereocenters. The number of benzene rings is 13. The van der Waals surface area contributed by atoms with Gasteiger partial charge in [0.15, 0.2) is 11.6 Å². The maximum Gasteiger partial charge on any atom is 0.252 e. The van der Waals surface area contributed by atoms with Crippen LogP contribution in [0.1, 0.15) is 0 Å². The van der Waals surface area contributed by atoms with E-state index in [-0.39, 0.29) is 6.71 Å². The lowest BCUT2D eigenvalue weighted by atomic mass is 9.33. The van der Waals surface area contributed by atoms with Gasteiger partial charge in [0, 0.05) is 78.3 Å². The molecule has 0 spiro atoms. The summed E-state index contributed by atoms with van der Waals surface area (Å²) >= 11 is 0. The molecule has 0 radical (unpaired) electrons. The molecule has 5 heterocycles. The van der Waals surface area contributed by atoms with E-state index in [0.717, 1.165) is 117 Å². The van der Waals surface area contributed by atoms with Crippen LogP contribution in [0.15, 0.2) is 340 Å². The van der Waals surface area contributed by atoms with Crippen LogP contribution in [0.5, 0.6) is 0 Å². The van der Waals surface area contributed by atoms with Crippen molar-refractivity contribution in [1.29, 1.82) is 0 Å². The van der Waals surface area contributed by atoms with E-state index in [9.17, 15) is 0 Å². The van der Waals surface area contributed by atoms with E-state index in [4.69, 9.17) is 19.9 Å². The summed E-state index contributed by atoms with van der Waals surface area (Å²) in [7, 11) is 0. The number of anilines is 6. The van der Waals surface area contributed by atoms with Crippen LogP contribution in [0, 0.1) is 0 Å². The van der Waals surface area contributed by atoms with Crippen molar-refractivity contribution in [3.05, 3.63) is 340 Å². The van der Waals surface area contributed by atoms with Crippen LogP contribution in [-0.4, -0.2) is 31.2 Å². The van der Waals surface area contributed by atoms with Crippen LogP contribution >= 0.6 is 0 Å². The van der Waals surface area contributed by atoms with Gasteiger partial charge in [-0.05, 0) is 136 Å². The van der Waals surface area contributed by atoms with Gasteiger partial charge in [0.05, 0.1) is 39.5 Å². The van der Waals surface area contributed by atoms with Crippen LogP contribution in [0.2, 0.25) is 0 Å². The Morgan fingerprint density at radius 3 is 1.34 bits per heavy atom. The third-order valence-electron chi connectivity index (χ3n) is 18.6. The van der Waals surface area contributed by atoms with Crippen LogP contribution in [0.3, 0.4) is 0 Å². The van der Waals surface area contributed by atoms with Crippen molar-refractivity contribution in [2.75, 3.05) is 9.80 Å². The zero-order chi connectivity index (χ0) is 62.1. The first kappa shape index (κ1) is 54.4. The van der Waals surface area contributed by atoms with E-state index < -0.39 is 0 Å². The van der Waals surface area contributed by atoms with E-state index in [2.05, 4.69) is 330 Å². The molecule has 0 N–H and O–H groups in total. The van der Waals surface area contributed by atoms with Gasteiger partial charge in [-0.2, -0.15) is 0 Å². The number of nitrogens with zero attached hydrogens (tertiary/aromatic N) is 7. The van der Waals surface area contributed by atoms with Crippen molar-refractivity contribution in [3.63, 3.8) is 0 Å². The number of fused-ring (bicyclic) bond motifs is 7. The first-order valence-corrected chi connectivity index (χ1v) is 32.0. The molecule has 18 rings (SSSR count). The van der Waals surface area contributed by atoms with Gasteiger partial charge in [0.25, 0.3) is 6.71 Å². The fourth-order valence-electron chi connectivity index (χ4n) is 14.3. The highest BCUT2D eigenvalue weighted by molar-refractivity contribution is 7.00. The van der Waals surface area contributed by atoms with Crippen LogP contribution < -0.4 is 26.2 Å². The Labute approximate surface area is 545 Å². The van der Waals surface area contributed by atoms with Crippen LogP contribution in [-0.2, 0) is 0 Å². The average Bonchev–Trinajstić information content (AvgIpc) is 0.838. The first-order chi connectivity index (χ1) is 46.6. The van der Waals surface area contributed by atoms with Gasteiger partial charge in [0.2, 0.25) is 0 Å². The smallest absolute Gasteiger partial charge is 0.252 e. The summed E-state index contributed by atoms with van der Waals surface area (Å²) in [6, 6.07) is 121. The number of hydrogen-bond donors (Lipinski definition) is 0. The van der Waals surface area contributed by atoms with Crippen molar-refractivity contribution in [2.24, 2.45) is 0 Å². The second-order valence-electron chi connectivity index (χ2n) is 24.1. The number of aromatic nitrogens is 5. The molecule has 94 heavy (non-hydrogen) atoms. The summed E-state index contributed by atoms with van der Waals surface area (Å²) in [5, 5.41) is 2.32. The molecule has 0 bridgehead atoms. The lowest BCUT2D eigenvalue weighted by Crippen LogP contribution is -2.61. The number of hydrogen-bond acceptors (Lipinski definition) is 6. The quantitative estimate of drug-likeness (QED) is 0.120. The molecule has 8 heteroatoms. The van der Waals surface area contributed by atoms with Crippen molar-refractivity contribution in [1.82, 2.24) is 24.5 Å². The largest absolute Gasteiger partial charge is 0.311 e. The zero-order valence-corrected chi connectivity index (χ0v) is 51.0. The number of rotatable bonds is 11. The maximum atomic E-state index is 5.73. The Hall–Kier alpha value is -12.5. The lowest BCUT2D eigenvalue weighted by molar-refractivity contribution is 1.15. The monoisotopic (exact) mass is 1200 g/mol. The SMILES string of the molecule is c1ccc(-c2ccc3c(c2)c2ccccc2n3-c2ccc(-c3cc(-c4ccccc4)nc(-c4ccccc4)n3)cc2-c2cc(-c3ccccc3)nc(-c3cccc(-c4cccc(N5c6ccccc6B6c7ccccc7N(c7ccccc7)c7cccc5c76)c4)c3)n2)cc1. The molecule has 16 aromatic rings. The molecular formula is C86H56BN7. The van der Waals surface area contributed by atoms with Gasteiger partial charge in [-0.3, -0.25) is 0 Å². The Morgan fingerprint density at radius 2 is 0.670 bits per heavy atom. The van der Waals surface area contributed by atoms with Crippen LogP contribution in [0.25, 0.3) is 118 Å². The first-order valence-electron chi connectivity index (χ1n) is 32.0. The molecular weight excluding hydrogens is 1140 g/mol. The zero-order valence-electron chi connectivity index (χ0n) is 51.0. The highest BCUT2D eigenvalue weighted by atomic mass is 15.2. The Bertz CT molecular complexity index is 5530. The molecule has 3 aromatic heterocycles. The summed E-state index contributed by atoms with van der Waals surface area (Å²) in [5.41, 5.74) is 27.2. The minimum absolute atomic E-state index is 0.0483. The van der Waals surface area contributed by atoms with Crippen molar-refractivity contribution in [3.8, 4) is 95.7 Å². The molecule has 7 nitrogen and oxygen atoms in total. The third kappa shape index (κ3) is 9.38. The summed E-state index contributed by atoms with van der Waals surface area (Å²) in [4.78, 5) is 26.7. The van der Waals surface area contributed by atoms with Crippen LogP contribution in [0.4, 0.5) is 34.1 Å². The third-order valence-corrected chi connectivity index (χ3v) is 18.6. The lowest BCUT2D eigenvalue weighted by Gasteiger charge is -2.44. The Morgan fingerprint density at radius 1 is 0.234 bits per heavy atom. The van der Waals surface area contributed by atoms with Gasteiger partial charge in [-0.15, -0.1) is 0 Å². The summed E-state index contributed by atoms with van der Waals surface area (Å²) in [6.07, 6.45) is 0. The molecule has 0 amide bonds. The summed E-state index contributed by atoms with van der Waals surface area (Å²) < 4.78 is 2.41. The fourth-order valence-corrected chi connectivity index (χ4v) is 14.3. The van der Waals surface area contributed by atoms with Crippen molar-refractivity contribution < 1.29 is 0 Å². The maximum absolute atomic E-state index is 5.73. The van der Waals surface area contributed by atoms with Crippen molar-refractivity contribution in [2.45, 2.75) is 0 Å². The highest BCUT2D eigenvalue weighted by Crippen LogP contribution is 2.46. The summed E-state index contributed by atoms with van der Waals surface area (Å²) in [6.45, 7) is 0.0483. The normalized spacial score (nSPS) is 12.2. The second-order valence-corrected chi connectivity index (χ2v) is 24.1. The second kappa shape index (κ2) is 22.8. The molecule has 13 aromatic carbocycles. The molecule has 438 valence electrons. The average molecular weight is 1200 g/mol. The van der Waals surface area contributed by atoms with Gasteiger partial charge < -0.3 is 14.4 Å². The van der Waals surface area contributed by atoms with Gasteiger partial charge in [-0.25, -0.2) is 19.9 Å². The van der Waals surface area contributed by atoms with E-state index in [0.29, 0.717) is 11.6 Å².